The van der Waals surface area contributed by atoms with Gasteiger partial charge in [0.25, 0.3) is 0 Å². The number of hydrogen-bond acceptors (Lipinski definition) is 5. The summed E-state index contributed by atoms with van der Waals surface area (Å²) in [6.45, 7) is 4.12. The Kier molecular flexibility index (Phi) is 4.48. The normalized spacial score (nSPS) is 10.5. The van der Waals surface area contributed by atoms with Gasteiger partial charge in [0.2, 0.25) is 0 Å². The van der Waals surface area contributed by atoms with Crippen molar-refractivity contribution in [2.24, 2.45) is 0 Å². The molecule has 4 nitrogen and oxygen atoms in total. The van der Waals surface area contributed by atoms with E-state index in [2.05, 4.69) is 46.5 Å². The molecule has 2 aromatic carbocycles. The van der Waals surface area contributed by atoms with Crippen LogP contribution < -0.4 is 11.1 Å². The fraction of sp³-hybridized carbons (Fsp3) is 0.111. The van der Waals surface area contributed by atoms with Crippen LogP contribution in [0, 0.1) is 13.8 Å². The molecule has 0 spiro atoms. The molecule has 23 heavy (non-hydrogen) atoms. The summed E-state index contributed by atoms with van der Waals surface area (Å²) >= 11 is 1.53. The van der Waals surface area contributed by atoms with Gasteiger partial charge in [0, 0.05) is 10.6 Å². The molecule has 0 amide bonds. The van der Waals surface area contributed by atoms with E-state index in [4.69, 9.17) is 5.73 Å². The molecule has 0 bridgehead atoms. The van der Waals surface area contributed by atoms with Crippen LogP contribution in [-0.4, -0.2) is 9.97 Å². The van der Waals surface area contributed by atoms with E-state index >= 15 is 0 Å². The summed E-state index contributed by atoms with van der Waals surface area (Å²) in [6, 6.07) is 16.4. The maximum atomic E-state index is 6.24. The fourth-order valence-electron chi connectivity index (χ4n) is 2.14. The Hall–Kier alpha value is -2.53. The lowest BCUT2D eigenvalue weighted by Gasteiger charge is -2.11. The van der Waals surface area contributed by atoms with Crippen LogP contribution in [0.1, 0.15) is 11.1 Å². The SMILES string of the molecule is Cc1ccc(Sc2ncnc(Nc3cccc(C)c3)c2N)cc1. The summed E-state index contributed by atoms with van der Waals surface area (Å²) in [5, 5.41) is 4.01. The zero-order valence-electron chi connectivity index (χ0n) is 13.1. The Bertz CT molecular complexity index is 816. The van der Waals surface area contributed by atoms with Crippen molar-refractivity contribution in [1.82, 2.24) is 9.97 Å². The van der Waals surface area contributed by atoms with Crippen LogP contribution in [0.15, 0.2) is 64.8 Å². The zero-order chi connectivity index (χ0) is 16.2. The van der Waals surface area contributed by atoms with Gasteiger partial charge in [-0.2, -0.15) is 0 Å². The van der Waals surface area contributed by atoms with Gasteiger partial charge in [-0.1, -0.05) is 41.6 Å². The molecule has 1 aromatic heterocycles. The first-order valence-corrected chi connectivity index (χ1v) is 8.12. The summed E-state index contributed by atoms with van der Waals surface area (Å²) in [5.41, 5.74) is 10.2. The predicted molar refractivity (Wildman–Crippen MR) is 96.2 cm³/mol. The molecule has 5 heteroatoms. The van der Waals surface area contributed by atoms with Crippen LogP contribution in [0.2, 0.25) is 0 Å². The molecule has 0 aliphatic heterocycles. The van der Waals surface area contributed by atoms with E-state index < -0.39 is 0 Å². The molecule has 3 N–H and O–H groups in total. The first-order valence-electron chi connectivity index (χ1n) is 7.30. The fourth-order valence-corrected chi connectivity index (χ4v) is 2.94. The van der Waals surface area contributed by atoms with Crippen LogP contribution in [-0.2, 0) is 0 Å². The standard InChI is InChI=1S/C18H18N4S/c1-12-6-8-15(9-7-12)23-18-16(19)17(20-11-21-18)22-14-5-3-4-13(2)10-14/h3-11H,19H2,1-2H3,(H,20,21,22). The van der Waals surface area contributed by atoms with Crippen LogP contribution in [0.4, 0.5) is 17.2 Å². The Morgan fingerprint density at radius 2 is 1.74 bits per heavy atom. The van der Waals surface area contributed by atoms with Crippen LogP contribution in [0.5, 0.6) is 0 Å². The van der Waals surface area contributed by atoms with E-state index in [1.165, 1.54) is 29.2 Å². The Balaban J connectivity index is 1.84. The number of nitrogen functional groups attached to an aromatic ring is 1. The van der Waals surface area contributed by atoms with Crippen LogP contribution in [0.3, 0.4) is 0 Å². The second-order valence-corrected chi connectivity index (χ2v) is 6.41. The van der Waals surface area contributed by atoms with Gasteiger partial charge in [-0.25, -0.2) is 9.97 Å². The molecule has 3 aromatic rings. The number of benzene rings is 2. The number of rotatable bonds is 4. The van der Waals surface area contributed by atoms with Crippen molar-refractivity contribution < 1.29 is 0 Å². The van der Waals surface area contributed by atoms with E-state index in [0.717, 1.165) is 15.6 Å². The Morgan fingerprint density at radius 1 is 0.957 bits per heavy atom. The number of hydrogen-bond donors (Lipinski definition) is 2. The minimum atomic E-state index is 0.555. The number of anilines is 3. The highest BCUT2D eigenvalue weighted by molar-refractivity contribution is 7.99. The Labute approximate surface area is 140 Å². The maximum absolute atomic E-state index is 6.24. The lowest BCUT2D eigenvalue weighted by atomic mass is 10.2. The quantitative estimate of drug-likeness (QED) is 0.689. The molecule has 0 radical (unpaired) electrons. The molecule has 0 aliphatic carbocycles. The molecule has 1 heterocycles. The summed E-state index contributed by atoms with van der Waals surface area (Å²) in [5.74, 6) is 0.625. The van der Waals surface area contributed by atoms with Crippen molar-refractivity contribution in [1.29, 1.82) is 0 Å². The highest BCUT2D eigenvalue weighted by atomic mass is 32.2. The number of nitrogens with one attached hydrogen (secondary N) is 1. The van der Waals surface area contributed by atoms with E-state index in [-0.39, 0.29) is 0 Å². The molecular formula is C18H18N4S. The predicted octanol–water partition coefficient (Wildman–Crippen LogP) is 4.57. The molecule has 116 valence electrons. The molecule has 3 rings (SSSR count). The summed E-state index contributed by atoms with van der Waals surface area (Å²) in [7, 11) is 0. The zero-order valence-corrected chi connectivity index (χ0v) is 13.9. The number of nitrogens with zero attached hydrogens (tertiary/aromatic N) is 2. The number of nitrogens with two attached hydrogens (primary N) is 1. The van der Waals surface area contributed by atoms with Gasteiger partial charge in [0.15, 0.2) is 5.82 Å². The Morgan fingerprint density at radius 3 is 2.48 bits per heavy atom. The summed E-state index contributed by atoms with van der Waals surface area (Å²) < 4.78 is 0. The average Bonchev–Trinajstić information content (AvgIpc) is 2.53. The summed E-state index contributed by atoms with van der Waals surface area (Å²) in [6.07, 6.45) is 1.53. The molecule has 0 unspecified atom stereocenters. The first-order chi connectivity index (χ1) is 11.1. The van der Waals surface area contributed by atoms with Crippen molar-refractivity contribution in [3.8, 4) is 0 Å². The molecule has 0 saturated heterocycles. The number of aromatic nitrogens is 2. The molecule has 0 fully saturated rings. The third-order valence-electron chi connectivity index (χ3n) is 3.36. The van der Waals surface area contributed by atoms with Gasteiger partial charge in [0.05, 0.1) is 0 Å². The first kappa shape index (κ1) is 15.4. The van der Waals surface area contributed by atoms with Gasteiger partial charge >= 0.3 is 0 Å². The smallest absolute Gasteiger partial charge is 0.158 e. The van der Waals surface area contributed by atoms with Crippen molar-refractivity contribution in [2.45, 2.75) is 23.8 Å². The minimum Gasteiger partial charge on any atom is -0.394 e. The van der Waals surface area contributed by atoms with Crippen molar-refractivity contribution in [3.05, 3.63) is 66.0 Å². The van der Waals surface area contributed by atoms with Gasteiger partial charge in [-0.05, 0) is 43.7 Å². The van der Waals surface area contributed by atoms with Crippen LogP contribution in [0.25, 0.3) is 0 Å². The van der Waals surface area contributed by atoms with Gasteiger partial charge in [-0.3, -0.25) is 0 Å². The van der Waals surface area contributed by atoms with E-state index in [9.17, 15) is 0 Å². The van der Waals surface area contributed by atoms with Crippen molar-refractivity contribution in [3.63, 3.8) is 0 Å². The average molecular weight is 322 g/mol. The topological polar surface area (TPSA) is 63.8 Å². The third kappa shape index (κ3) is 3.81. The lowest BCUT2D eigenvalue weighted by molar-refractivity contribution is 1.06. The second-order valence-electron chi connectivity index (χ2n) is 5.35. The highest BCUT2D eigenvalue weighted by Gasteiger charge is 2.10. The van der Waals surface area contributed by atoms with Crippen LogP contribution >= 0.6 is 11.8 Å². The molecule has 0 saturated carbocycles. The summed E-state index contributed by atoms with van der Waals surface area (Å²) in [4.78, 5) is 9.66. The third-order valence-corrected chi connectivity index (χ3v) is 4.39. The largest absolute Gasteiger partial charge is 0.394 e. The maximum Gasteiger partial charge on any atom is 0.158 e. The monoisotopic (exact) mass is 322 g/mol. The van der Waals surface area contributed by atoms with Gasteiger partial charge in [-0.15, -0.1) is 0 Å². The van der Waals surface area contributed by atoms with E-state index in [1.807, 2.05) is 31.2 Å². The lowest BCUT2D eigenvalue weighted by Crippen LogP contribution is -2.02. The number of aryl methyl sites for hydroxylation is 2. The van der Waals surface area contributed by atoms with Crippen molar-refractivity contribution in [2.75, 3.05) is 11.1 Å². The second kappa shape index (κ2) is 6.71. The molecular weight excluding hydrogens is 304 g/mol. The van der Waals surface area contributed by atoms with Gasteiger partial charge < -0.3 is 11.1 Å². The molecule has 0 atom stereocenters. The minimum absolute atomic E-state index is 0.555. The molecule has 0 aliphatic rings. The van der Waals surface area contributed by atoms with E-state index in [0.29, 0.717) is 11.5 Å². The van der Waals surface area contributed by atoms with Crippen molar-refractivity contribution >= 4 is 29.0 Å². The highest BCUT2D eigenvalue weighted by Crippen LogP contribution is 2.34. The van der Waals surface area contributed by atoms with E-state index in [1.54, 1.807) is 0 Å². The van der Waals surface area contributed by atoms with Gasteiger partial charge in [0.1, 0.15) is 17.0 Å².